The molecule has 0 fully saturated rings. The van der Waals surface area contributed by atoms with E-state index in [0.29, 0.717) is 5.56 Å². The van der Waals surface area contributed by atoms with Crippen molar-refractivity contribution in [2.75, 3.05) is 0 Å². The molecule has 0 saturated carbocycles. The summed E-state index contributed by atoms with van der Waals surface area (Å²) in [5.41, 5.74) is 5.67. The molecular weight excluding hydrogens is 306 g/mol. The van der Waals surface area contributed by atoms with E-state index in [1.54, 1.807) is 0 Å². The predicted molar refractivity (Wildman–Crippen MR) is 99.6 cm³/mol. The van der Waals surface area contributed by atoms with E-state index in [2.05, 4.69) is 35.3 Å². The first-order chi connectivity index (χ1) is 12.3. The summed E-state index contributed by atoms with van der Waals surface area (Å²) in [6, 6.07) is 29.9. The van der Waals surface area contributed by atoms with Crippen LogP contribution < -0.4 is 0 Å². The lowest BCUT2D eigenvalue weighted by Crippen LogP contribution is -1.82. The normalized spacial score (nSPS) is 10.4. The molecule has 4 rings (SSSR count). The number of H-pyrrole nitrogens is 1. The molecule has 0 aliphatic carbocycles. The Morgan fingerprint density at radius 3 is 1.88 bits per heavy atom. The van der Waals surface area contributed by atoms with Crippen molar-refractivity contribution >= 4 is 0 Å². The topological polar surface area (TPSA) is 52.5 Å². The van der Waals surface area contributed by atoms with Crippen LogP contribution in [0.15, 0.2) is 84.9 Å². The van der Waals surface area contributed by atoms with E-state index < -0.39 is 0 Å². The van der Waals surface area contributed by atoms with E-state index in [1.807, 2.05) is 60.7 Å². The van der Waals surface area contributed by atoms with Gasteiger partial charge in [0.1, 0.15) is 5.82 Å². The molecule has 0 bridgehead atoms. The van der Waals surface area contributed by atoms with Gasteiger partial charge in [0.25, 0.3) is 0 Å². The molecule has 0 aliphatic heterocycles. The first-order valence-corrected chi connectivity index (χ1v) is 8.06. The minimum atomic E-state index is 0.641. The summed E-state index contributed by atoms with van der Waals surface area (Å²) < 4.78 is 0. The molecule has 25 heavy (non-hydrogen) atoms. The number of nitriles is 1. The molecule has 118 valence electrons. The summed E-state index contributed by atoms with van der Waals surface area (Å²) in [6.45, 7) is 0. The quantitative estimate of drug-likeness (QED) is 0.558. The van der Waals surface area contributed by atoms with Gasteiger partial charge in [-0.1, -0.05) is 60.7 Å². The van der Waals surface area contributed by atoms with Gasteiger partial charge in [-0.3, -0.25) is 0 Å². The maximum Gasteiger partial charge on any atom is 0.138 e. The van der Waals surface area contributed by atoms with Crippen LogP contribution in [0.25, 0.3) is 33.9 Å². The molecule has 0 amide bonds. The molecule has 0 aliphatic rings. The highest BCUT2D eigenvalue weighted by atomic mass is 14.9. The van der Waals surface area contributed by atoms with Gasteiger partial charge in [0, 0.05) is 16.7 Å². The standard InChI is InChI=1S/C22H15N3/c23-15-16-11-13-19(14-12-16)22-24-20(17-7-3-1-4-8-17)21(25-22)18-9-5-2-6-10-18/h1-14H,(H,24,25). The van der Waals surface area contributed by atoms with Gasteiger partial charge < -0.3 is 4.98 Å². The van der Waals surface area contributed by atoms with Crippen LogP contribution in [0.5, 0.6) is 0 Å². The number of aromatic nitrogens is 2. The molecule has 4 aromatic rings. The number of hydrogen-bond donors (Lipinski definition) is 1. The zero-order valence-corrected chi connectivity index (χ0v) is 13.5. The molecular formula is C22H15N3. The van der Waals surface area contributed by atoms with Crippen molar-refractivity contribution in [2.45, 2.75) is 0 Å². The van der Waals surface area contributed by atoms with Crippen LogP contribution in [0, 0.1) is 11.3 Å². The zero-order valence-electron chi connectivity index (χ0n) is 13.5. The molecule has 0 atom stereocenters. The number of rotatable bonds is 3. The summed E-state index contributed by atoms with van der Waals surface area (Å²) in [6.07, 6.45) is 0. The second kappa shape index (κ2) is 6.46. The summed E-state index contributed by atoms with van der Waals surface area (Å²) in [5.74, 6) is 0.794. The van der Waals surface area contributed by atoms with Crippen LogP contribution in [0.2, 0.25) is 0 Å². The summed E-state index contributed by atoms with van der Waals surface area (Å²) in [7, 11) is 0. The van der Waals surface area contributed by atoms with Gasteiger partial charge in [0.2, 0.25) is 0 Å². The van der Waals surface area contributed by atoms with Crippen molar-refractivity contribution < 1.29 is 0 Å². The lowest BCUT2D eigenvalue weighted by atomic mass is 10.1. The number of nitrogens with zero attached hydrogens (tertiary/aromatic N) is 2. The van der Waals surface area contributed by atoms with E-state index in [-0.39, 0.29) is 0 Å². The second-order valence-electron chi connectivity index (χ2n) is 5.73. The Balaban J connectivity index is 1.87. The lowest BCUT2D eigenvalue weighted by Gasteiger charge is -2.02. The van der Waals surface area contributed by atoms with Gasteiger partial charge in [0.05, 0.1) is 23.0 Å². The highest BCUT2D eigenvalue weighted by Gasteiger charge is 2.14. The second-order valence-corrected chi connectivity index (χ2v) is 5.73. The SMILES string of the molecule is N#Cc1ccc(-c2nc(-c3ccccc3)c(-c3ccccc3)[nH]2)cc1. The maximum absolute atomic E-state index is 8.97. The van der Waals surface area contributed by atoms with Gasteiger partial charge in [-0.15, -0.1) is 0 Å². The van der Waals surface area contributed by atoms with Gasteiger partial charge in [-0.05, 0) is 24.3 Å². The Hall–Kier alpha value is -3.64. The van der Waals surface area contributed by atoms with Crippen LogP contribution in [0.1, 0.15) is 5.56 Å². The van der Waals surface area contributed by atoms with Crippen LogP contribution in [-0.2, 0) is 0 Å². The van der Waals surface area contributed by atoms with Crippen molar-refractivity contribution in [2.24, 2.45) is 0 Å². The van der Waals surface area contributed by atoms with Crippen molar-refractivity contribution in [3.8, 4) is 40.0 Å². The van der Waals surface area contributed by atoms with Crippen LogP contribution in [-0.4, -0.2) is 9.97 Å². The van der Waals surface area contributed by atoms with Crippen molar-refractivity contribution in [3.63, 3.8) is 0 Å². The summed E-state index contributed by atoms with van der Waals surface area (Å²) in [4.78, 5) is 8.30. The average Bonchev–Trinajstić information content (AvgIpc) is 3.15. The smallest absolute Gasteiger partial charge is 0.138 e. The Labute approximate surface area is 146 Å². The monoisotopic (exact) mass is 321 g/mol. The average molecular weight is 321 g/mol. The predicted octanol–water partition coefficient (Wildman–Crippen LogP) is 5.28. The number of benzene rings is 3. The van der Waals surface area contributed by atoms with Gasteiger partial charge in [0.15, 0.2) is 0 Å². The molecule has 1 N–H and O–H groups in total. The fraction of sp³-hybridized carbons (Fsp3) is 0. The Morgan fingerprint density at radius 2 is 1.28 bits per heavy atom. The van der Waals surface area contributed by atoms with E-state index in [0.717, 1.165) is 33.9 Å². The van der Waals surface area contributed by atoms with E-state index >= 15 is 0 Å². The molecule has 1 aromatic heterocycles. The first-order valence-electron chi connectivity index (χ1n) is 8.06. The molecule has 0 unspecified atom stereocenters. The number of hydrogen-bond acceptors (Lipinski definition) is 2. The summed E-state index contributed by atoms with van der Waals surface area (Å²) >= 11 is 0. The fourth-order valence-electron chi connectivity index (χ4n) is 2.83. The highest BCUT2D eigenvalue weighted by Crippen LogP contribution is 2.32. The van der Waals surface area contributed by atoms with Gasteiger partial charge in [-0.25, -0.2) is 4.98 Å². The molecule has 1 heterocycles. The van der Waals surface area contributed by atoms with E-state index in [1.165, 1.54) is 0 Å². The molecule has 0 spiro atoms. The zero-order chi connectivity index (χ0) is 17.1. The number of aromatic amines is 1. The maximum atomic E-state index is 8.97. The Morgan fingerprint density at radius 1 is 0.680 bits per heavy atom. The largest absolute Gasteiger partial charge is 0.337 e. The van der Waals surface area contributed by atoms with Crippen LogP contribution in [0.3, 0.4) is 0 Å². The van der Waals surface area contributed by atoms with Crippen molar-refractivity contribution in [1.29, 1.82) is 5.26 Å². The van der Waals surface area contributed by atoms with Crippen LogP contribution >= 0.6 is 0 Å². The minimum Gasteiger partial charge on any atom is -0.337 e. The van der Waals surface area contributed by atoms with Gasteiger partial charge >= 0.3 is 0 Å². The molecule has 3 nitrogen and oxygen atoms in total. The van der Waals surface area contributed by atoms with Crippen molar-refractivity contribution in [3.05, 3.63) is 90.5 Å². The van der Waals surface area contributed by atoms with E-state index in [9.17, 15) is 0 Å². The summed E-state index contributed by atoms with van der Waals surface area (Å²) in [5, 5.41) is 8.97. The lowest BCUT2D eigenvalue weighted by molar-refractivity contribution is 1.31. The molecule has 3 heteroatoms. The highest BCUT2D eigenvalue weighted by molar-refractivity contribution is 5.81. The minimum absolute atomic E-state index is 0.641. The van der Waals surface area contributed by atoms with E-state index in [4.69, 9.17) is 10.2 Å². The third-order valence-electron chi connectivity index (χ3n) is 4.10. The first kappa shape index (κ1) is 14.9. The van der Waals surface area contributed by atoms with Gasteiger partial charge in [-0.2, -0.15) is 5.26 Å². The molecule has 3 aromatic carbocycles. The third kappa shape index (κ3) is 2.93. The number of imidazole rings is 1. The van der Waals surface area contributed by atoms with Crippen LogP contribution in [0.4, 0.5) is 0 Å². The number of nitrogens with one attached hydrogen (secondary N) is 1. The Kier molecular flexibility index (Phi) is 3.86. The molecule has 0 saturated heterocycles. The van der Waals surface area contributed by atoms with Crippen molar-refractivity contribution in [1.82, 2.24) is 9.97 Å². The third-order valence-corrected chi connectivity index (χ3v) is 4.10. The fourth-order valence-corrected chi connectivity index (χ4v) is 2.83. The molecule has 0 radical (unpaired) electrons. The Bertz CT molecular complexity index is 967.